The number of nitrogen functional groups attached to an aromatic ring is 1. The molecule has 2 N–H and O–H groups in total. The molecule has 2 aliphatic rings. The van der Waals surface area contributed by atoms with E-state index in [1.54, 1.807) is 35.5 Å². The fourth-order valence-electron chi connectivity index (χ4n) is 4.35. The number of rotatable bonds is 5. The topological polar surface area (TPSA) is 95.4 Å². The molecule has 4 heterocycles. The number of nitrogens with two attached hydrogens (primary N) is 1. The van der Waals surface area contributed by atoms with Crippen LogP contribution in [0.4, 0.5) is 5.82 Å². The fourth-order valence-corrected chi connectivity index (χ4v) is 6.62. The van der Waals surface area contributed by atoms with Crippen LogP contribution in [0.1, 0.15) is 48.5 Å². The van der Waals surface area contributed by atoms with Crippen LogP contribution in [0.25, 0.3) is 21.6 Å². The minimum Gasteiger partial charge on any atom is -0.383 e. The maximum absolute atomic E-state index is 6.40. The number of hydrogen-bond acceptors (Lipinski definition) is 8. The molecule has 158 valence electrons. The number of aryl methyl sites for hydroxylation is 1. The molecule has 0 aliphatic heterocycles. The summed E-state index contributed by atoms with van der Waals surface area (Å²) in [7, 11) is 0. The van der Waals surface area contributed by atoms with Gasteiger partial charge in [0.25, 0.3) is 0 Å². The highest BCUT2D eigenvalue weighted by Crippen LogP contribution is 2.42. The van der Waals surface area contributed by atoms with Gasteiger partial charge < -0.3 is 5.73 Å². The summed E-state index contributed by atoms with van der Waals surface area (Å²) in [5.74, 6) is 3.64. The standard InChI is InChI=1S/C22H23N7S2/c1-12-2-5-15-16(10-12)31-21-18(15)19(23)25-17(26-21)11-30-22-28-27-20(29(22)14-3-4-14)13-6-8-24-9-7-13/h6-9,12,14H,2-5,10-11H2,1H3,(H2,23,25,26). The zero-order valence-corrected chi connectivity index (χ0v) is 18.9. The molecule has 1 fully saturated rings. The summed E-state index contributed by atoms with van der Waals surface area (Å²) in [5, 5.41) is 11.0. The van der Waals surface area contributed by atoms with Crippen LogP contribution in [-0.2, 0) is 18.6 Å². The molecule has 7 nitrogen and oxygen atoms in total. The molecular formula is C22H23N7S2. The maximum atomic E-state index is 6.40. The number of hydrogen-bond donors (Lipinski definition) is 1. The van der Waals surface area contributed by atoms with Gasteiger partial charge >= 0.3 is 0 Å². The van der Waals surface area contributed by atoms with Crippen molar-refractivity contribution in [2.24, 2.45) is 5.92 Å². The van der Waals surface area contributed by atoms with Gasteiger partial charge in [0.1, 0.15) is 16.5 Å². The number of pyridine rings is 1. The van der Waals surface area contributed by atoms with Crippen molar-refractivity contribution in [2.75, 3.05) is 5.73 Å². The van der Waals surface area contributed by atoms with Gasteiger partial charge in [-0.15, -0.1) is 21.5 Å². The second kappa shape index (κ2) is 7.56. The molecule has 31 heavy (non-hydrogen) atoms. The average molecular weight is 450 g/mol. The lowest BCUT2D eigenvalue weighted by atomic mass is 9.89. The minimum absolute atomic E-state index is 0.472. The Morgan fingerprint density at radius 3 is 2.81 bits per heavy atom. The van der Waals surface area contributed by atoms with E-state index in [-0.39, 0.29) is 0 Å². The highest BCUT2D eigenvalue weighted by Gasteiger charge is 2.30. The SMILES string of the molecule is CC1CCc2c(sc3nc(CSc4nnc(-c5ccncc5)n4C4CC4)nc(N)c23)C1. The molecule has 1 unspecified atom stereocenters. The van der Waals surface area contributed by atoms with Crippen LogP contribution in [0, 0.1) is 5.92 Å². The van der Waals surface area contributed by atoms with Gasteiger partial charge in [0.05, 0.1) is 11.1 Å². The lowest BCUT2D eigenvalue weighted by Gasteiger charge is -2.17. The van der Waals surface area contributed by atoms with Crippen molar-refractivity contribution in [2.45, 2.75) is 56.0 Å². The van der Waals surface area contributed by atoms with Crippen LogP contribution >= 0.6 is 23.1 Å². The Kier molecular flexibility index (Phi) is 4.68. The molecular weight excluding hydrogens is 426 g/mol. The first-order chi connectivity index (χ1) is 15.2. The second-order valence-corrected chi connectivity index (χ2v) is 10.5. The molecule has 6 rings (SSSR count). The summed E-state index contributed by atoms with van der Waals surface area (Å²) in [6.45, 7) is 2.32. The van der Waals surface area contributed by atoms with Crippen molar-refractivity contribution in [3.63, 3.8) is 0 Å². The lowest BCUT2D eigenvalue weighted by Crippen LogP contribution is -2.09. The van der Waals surface area contributed by atoms with Crippen molar-refractivity contribution in [3.8, 4) is 11.4 Å². The third kappa shape index (κ3) is 3.49. The van der Waals surface area contributed by atoms with E-state index in [0.29, 0.717) is 17.6 Å². The van der Waals surface area contributed by atoms with Crippen molar-refractivity contribution >= 4 is 39.1 Å². The number of fused-ring (bicyclic) bond motifs is 3. The monoisotopic (exact) mass is 449 g/mol. The summed E-state index contributed by atoms with van der Waals surface area (Å²) < 4.78 is 2.26. The zero-order chi connectivity index (χ0) is 20.9. The second-order valence-electron chi connectivity index (χ2n) is 8.49. The first-order valence-corrected chi connectivity index (χ1v) is 12.5. The first kappa shape index (κ1) is 19.2. The maximum Gasteiger partial charge on any atom is 0.192 e. The van der Waals surface area contributed by atoms with Crippen LogP contribution in [0.5, 0.6) is 0 Å². The van der Waals surface area contributed by atoms with Gasteiger partial charge in [0.15, 0.2) is 11.0 Å². The van der Waals surface area contributed by atoms with Crippen molar-refractivity contribution in [1.82, 2.24) is 29.7 Å². The quantitative estimate of drug-likeness (QED) is 0.442. The number of aromatic nitrogens is 6. The molecule has 0 aromatic carbocycles. The number of nitrogens with zero attached hydrogens (tertiary/aromatic N) is 6. The summed E-state index contributed by atoms with van der Waals surface area (Å²) >= 11 is 3.43. The number of thiophene rings is 1. The molecule has 0 bridgehead atoms. The number of anilines is 1. The third-order valence-electron chi connectivity index (χ3n) is 6.07. The van der Waals surface area contributed by atoms with Gasteiger partial charge in [-0.25, -0.2) is 9.97 Å². The predicted molar refractivity (Wildman–Crippen MR) is 124 cm³/mol. The molecule has 1 atom stereocenters. The van der Waals surface area contributed by atoms with Crippen LogP contribution in [-0.4, -0.2) is 29.7 Å². The van der Waals surface area contributed by atoms with Gasteiger partial charge in [0, 0.05) is 28.9 Å². The van der Waals surface area contributed by atoms with Gasteiger partial charge in [-0.1, -0.05) is 18.7 Å². The van der Waals surface area contributed by atoms with E-state index in [1.807, 2.05) is 12.1 Å². The van der Waals surface area contributed by atoms with E-state index in [4.69, 9.17) is 10.7 Å². The normalized spacial score (nSPS) is 18.4. The highest BCUT2D eigenvalue weighted by atomic mass is 32.2. The van der Waals surface area contributed by atoms with Crippen LogP contribution in [0.15, 0.2) is 29.7 Å². The molecule has 1 saturated carbocycles. The van der Waals surface area contributed by atoms with E-state index in [2.05, 4.69) is 31.7 Å². The molecule has 0 spiro atoms. The summed E-state index contributed by atoms with van der Waals surface area (Å²) in [4.78, 5) is 16.1. The van der Waals surface area contributed by atoms with Gasteiger partial charge in [-0.05, 0) is 55.7 Å². The summed E-state index contributed by atoms with van der Waals surface area (Å²) in [5.41, 5.74) is 8.83. The first-order valence-electron chi connectivity index (χ1n) is 10.7. The van der Waals surface area contributed by atoms with Crippen molar-refractivity contribution < 1.29 is 0 Å². The van der Waals surface area contributed by atoms with Gasteiger partial charge in [0.2, 0.25) is 0 Å². The smallest absolute Gasteiger partial charge is 0.192 e. The summed E-state index contributed by atoms with van der Waals surface area (Å²) in [6.07, 6.45) is 9.34. The predicted octanol–water partition coefficient (Wildman–Crippen LogP) is 4.68. The van der Waals surface area contributed by atoms with Gasteiger partial charge in [-0.3, -0.25) is 9.55 Å². The Morgan fingerprint density at radius 2 is 2.00 bits per heavy atom. The molecule has 4 aromatic heterocycles. The fraction of sp³-hybridized carbons (Fsp3) is 0.409. The van der Waals surface area contributed by atoms with Crippen LogP contribution in [0.2, 0.25) is 0 Å². The van der Waals surface area contributed by atoms with Crippen molar-refractivity contribution in [1.29, 1.82) is 0 Å². The molecule has 4 aromatic rings. The van der Waals surface area contributed by atoms with E-state index in [9.17, 15) is 0 Å². The Balaban J connectivity index is 1.29. The summed E-state index contributed by atoms with van der Waals surface area (Å²) in [6, 6.07) is 4.43. The Bertz CT molecular complexity index is 1260. The average Bonchev–Trinajstić information content (AvgIpc) is 3.41. The van der Waals surface area contributed by atoms with E-state index in [0.717, 1.165) is 64.2 Å². The van der Waals surface area contributed by atoms with E-state index >= 15 is 0 Å². The molecule has 2 aliphatic carbocycles. The highest BCUT2D eigenvalue weighted by molar-refractivity contribution is 7.98. The van der Waals surface area contributed by atoms with Crippen LogP contribution < -0.4 is 5.73 Å². The zero-order valence-electron chi connectivity index (χ0n) is 17.3. The molecule has 0 radical (unpaired) electrons. The van der Waals surface area contributed by atoms with E-state index < -0.39 is 0 Å². The largest absolute Gasteiger partial charge is 0.383 e. The molecule has 9 heteroatoms. The van der Waals surface area contributed by atoms with Crippen molar-refractivity contribution in [3.05, 3.63) is 40.8 Å². The Morgan fingerprint density at radius 1 is 1.16 bits per heavy atom. The Labute approximate surface area is 188 Å². The van der Waals surface area contributed by atoms with Gasteiger partial charge in [-0.2, -0.15) is 0 Å². The minimum atomic E-state index is 0.472. The Hall–Kier alpha value is -2.52. The molecule has 0 amide bonds. The van der Waals surface area contributed by atoms with Crippen LogP contribution in [0.3, 0.4) is 0 Å². The molecule has 0 saturated heterocycles. The van der Waals surface area contributed by atoms with E-state index in [1.165, 1.54) is 16.9 Å². The lowest BCUT2D eigenvalue weighted by molar-refractivity contribution is 0.509. The number of thioether (sulfide) groups is 1. The third-order valence-corrected chi connectivity index (χ3v) is 8.16.